The zero-order valence-corrected chi connectivity index (χ0v) is 16.2. The highest BCUT2D eigenvalue weighted by Gasteiger charge is 2.23. The number of nitrogens with zero attached hydrogens (tertiary/aromatic N) is 5. The Kier molecular flexibility index (Phi) is 5.95. The van der Waals surface area contributed by atoms with Crippen LogP contribution in [0.15, 0.2) is 67.1 Å². The normalized spacial score (nSPS) is 13.9. The van der Waals surface area contributed by atoms with Crippen molar-refractivity contribution in [2.45, 2.75) is 6.42 Å². The maximum atomic E-state index is 12.9. The lowest BCUT2D eigenvalue weighted by Gasteiger charge is -2.34. The van der Waals surface area contributed by atoms with Crippen LogP contribution in [0.5, 0.6) is 0 Å². The summed E-state index contributed by atoms with van der Waals surface area (Å²) in [6.07, 6.45) is 6.07. The molecule has 148 valence electrons. The van der Waals surface area contributed by atoms with E-state index >= 15 is 0 Å². The highest BCUT2D eigenvalue weighted by Crippen LogP contribution is 2.14. The highest BCUT2D eigenvalue weighted by molar-refractivity contribution is 5.95. The lowest BCUT2D eigenvalue weighted by Crippen LogP contribution is -2.49. The van der Waals surface area contributed by atoms with Gasteiger partial charge in [0.1, 0.15) is 5.82 Å². The van der Waals surface area contributed by atoms with Crippen molar-refractivity contribution < 1.29 is 4.79 Å². The molecule has 0 bridgehead atoms. The van der Waals surface area contributed by atoms with Crippen molar-refractivity contribution in [2.24, 2.45) is 0 Å². The number of hydrogen-bond acceptors (Lipinski definition) is 6. The monoisotopic (exact) mass is 388 g/mol. The lowest BCUT2D eigenvalue weighted by atomic mass is 10.1. The molecule has 1 aromatic carbocycles. The number of carbonyl (C=O) groups is 1. The Morgan fingerprint density at radius 2 is 1.66 bits per heavy atom. The average Bonchev–Trinajstić information content (AvgIpc) is 2.80. The largest absolute Gasteiger partial charge is 0.370 e. The van der Waals surface area contributed by atoms with Gasteiger partial charge in [-0.25, -0.2) is 15.0 Å². The van der Waals surface area contributed by atoms with Gasteiger partial charge in [-0.1, -0.05) is 30.3 Å². The number of nitrogens with one attached hydrogen (secondary N) is 1. The SMILES string of the molecule is O=C(c1ccnc(NCCc2ccccc2)c1)N1CCN(c2ncccn2)CC1. The van der Waals surface area contributed by atoms with Gasteiger partial charge < -0.3 is 15.1 Å². The summed E-state index contributed by atoms with van der Waals surface area (Å²) in [5, 5.41) is 3.31. The second-order valence-corrected chi connectivity index (χ2v) is 6.92. The first-order valence-electron chi connectivity index (χ1n) is 9.85. The number of anilines is 2. The van der Waals surface area contributed by atoms with E-state index < -0.39 is 0 Å². The summed E-state index contributed by atoms with van der Waals surface area (Å²) in [7, 11) is 0. The van der Waals surface area contributed by atoms with Crippen LogP contribution in [0.1, 0.15) is 15.9 Å². The molecule has 0 saturated carbocycles. The third kappa shape index (κ3) is 4.87. The van der Waals surface area contributed by atoms with Crippen molar-refractivity contribution in [3.63, 3.8) is 0 Å². The van der Waals surface area contributed by atoms with Crippen LogP contribution in [0.2, 0.25) is 0 Å². The minimum atomic E-state index is 0.0344. The average molecular weight is 388 g/mol. The molecule has 7 nitrogen and oxygen atoms in total. The standard InChI is InChI=1S/C22H24N6O/c29-21(27-13-15-28(16-14-27)22-25-9-4-10-26-22)19-8-12-24-20(17-19)23-11-7-18-5-2-1-3-6-18/h1-6,8-10,12,17H,7,11,13-16H2,(H,23,24). The van der Waals surface area contributed by atoms with Crippen LogP contribution in [0, 0.1) is 0 Å². The fourth-order valence-corrected chi connectivity index (χ4v) is 3.39. The van der Waals surface area contributed by atoms with Crippen molar-refractivity contribution in [1.29, 1.82) is 0 Å². The van der Waals surface area contributed by atoms with Crippen LogP contribution in [-0.4, -0.2) is 58.5 Å². The lowest BCUT2D eigenvalue weighted by molar-refractivity contribution is 0.0746. The molecular formula is C22H24N6O. The molecule has 0 aliphatic carbocycles. The van der Waals surface area contributed by atoms with Gasteiger partial charge in [-0.2, -0.15) is 0 Å². The van der Waals surface area contributed by atoms with E-state index in [1.54, 1.807) is 30.7 Å². The first-order valence-corrected chi connectivity index (χ1v) is 9.85. The Hall–Kier alpha value is -3.48. The molecular weight excluding hydrogens is 364 g/mol. The van der Waals surface area contributed by atoms with E-state index in [9.17, 15) is 4.79 Å². The number of piperazine rings is 1. The number of pyridine rings is 1. The first-order chi connectivity index (χ1) is 14.3. The number of hydrogen-bond donors (Lipinski definition) is 1. The first kappa shape index (κ1) is 18.9. The van der Waals surface area contributed by atoms with E-state index in [-0.39, 0.29) is 5.91 Å². The summed E-state index contributed by atoms with van der Waals surface area (Å²) in [6.45, 7) is 3.52. The van der Waals surface area contributed by atoms with Crippen molar-refractivity contribution >= 4 is 17.7 Å². The molecule has 3 aromatic rings. The molecule has 1 aliphatic rings. The minimum absolute atomic E-state index is 0.0344. The number of aromatic nitrogens is 3. The number of rotatable bonds is 6. The molecule has 0 radical (unpaired) electrons. The number of benzene rings is 1. The van der Waals surface area contributed by atoms with Gasteiger partial charge in [-0.15, -0.1) is 0 Å². The molecule has 1 N–H and O–H groups in total. The Labute approximate surface area is 170 Å². The Morgan fingerprint density at radius 3 is 2.41 bits per heavy atom. The van der Waals surface area contributed by atoms with Crippen LogP contribution in [0.25, 0.3) is 0 Å². The zero-order chi connectivity index (χ0) is 19.9. The summed E-state index contributed by atoms with van der Waals surface area (Å²) in [5.41, 5.74) is 1.93. The van der Waals surface area contributed by atoms with Crippen LogP contribution in [-0.2, 0) is 6.42 Å². The fraction of sp³-hybridized carbons (Fsp3) is 0.273. The predicted octanol–water partition coefficient (Wildman–Crippen LogP) is 2.49. The summed E-state index contributed by atoms with van der Waals surface area (Å²) in [4.78, 5) is 29.8. The van der Waals surface area contributed by atoms with E-state index in [1.165, 1.54) is 5.56 Å². The van der Waals surface area contributed by atoms with E-state index in [2.05, 4.69) is 37.3 Å². The van der Waals surface area contributed by atoms with Gasteiger partial charge in [0, 0.05) is 56.9 Å². The third-order valence-electron chi connectivity index (χ3n) is 4.97. The topological polar surface area (TPSA) is 74.2 Å². The molecule has 0 spiro atoms. The van der Waals surface area contributed by atoms with Crippen LogP contribution in [0.4, 0.5) is 11.8 Å². The van der Waals surface area contributed by atoms with Gasteiger partial charge in [0.2, 0.25) is 5.95 Å². The molecule has 7 heteroatoms. The second kappa shape index (κ2) is 9.14. The fourth-order valence-electron chi connectivity index (χ4n) is 3.39. The quantitative estimate of drug-likeness (QED) is 0.699. The van der Waals surface area contributed by atoms with E-state index in [4.69, 9.17) is 0 Å². The molecule has 1 fully saturated rings. The zero-order valence-electron chi connectivity index (χ0n) is 16.2. The van der Waals surface area contributed by atoms with E-state index in [1.807, 2.05) is 29.2 Å². The summed E-state index contributed by atoms with van der Waals surface area (Å²) < 4.78 is 0. The van der Waals surface area contributed by atoms with Gasteiger partial charge in [0.25, 0.3) is 5.91 Å². The third-order valence-corrected chi connectivity index (χ3v) is 4.97. The Bertz CT molecular complexity index is 926. The molecule has 4 rings (SSSR count). The van der Waals surface area contributed by atoms with Crippen LogP contribution < -0.4 is 10.2 Å². The van der Waals surface area contributed by atoms with Crippen molar-refractivity contribution in [1.82, 2.24) is 19.9 Å². The van der Waals surface area contributed by atoms with Gasteiger partial charge in [-0.05, 0) is 30.2 Å². The molecule has 1 amide bonds. The van der Waals surface area contributed by atoms with Gasteiger partial charge >= 0.3 is 0 Å². The molecule has 29 heavy (non-hydrogen) atoms. The molecule has 0 unspecified atom stereocenters. The maximum absolute atomic E-state index is 12.9. The molecule has 3 heterocycles. The Morgan fingerprint density at radius 1 is 0.897 bits per heavy atom. The number of carbonyl (C=O) groups excluding carboxylic acids is 1. The van der Waals surface area contributed by atoms with Crippen LogP contribution >= 0.6 is 0 Å². The van der Waals surface area contributed by atoms with E-state index in [0.29, 0.717) is 24.6 Å². The van der Waals surface area contributed by atoms with Gasteiger partial charge in [-0.3, -0.25) is 4.79 Å². The van der Waals surface area contributed by atoms with Gasteiger partial charge in [0.05, 0.1) is 0 Å². The maximum Gasteiger partial charge on any atom is 0.254 e. The van der Waals surface area contributed by atoms with Crippen LogP contribution in [0.3, 0.4) is 0 Å². The smallest absolute Gasteiger partial charge is 0.254 e. The molecule has 0 atom stereocenters. The summed E-state index contributed by atoms with van der Waals surface area (Å²) in [5.74, 6) is 1.48. The predicted molar refractivity (Wildman–Crippen MR) is 113 cm³/mol. The van der Waals surface area contributed by atoms with Crippen molar-refractivity contribution in [2.75, 3.05) is 42.9 Å². The van der Waals surface area contributed by atoms with Crippen molar-refractivity contribution in [3.8, 4) is 0 Å². The second-order valence-electron chi connectivity index (χ2n) is 6.92. The highest BCUT2D eigenvalue weighted by atomic mass is 16.2. The van der Waals surface area contributed by atoms with Crippen molar-refractivity contribution in [3.05, 3.63) is 78.2 Å². The van der Waals surface area contributed by atoms with Gasteiger partial charge in [0.15, 0.2) is 0 Å². The molecule has 1 aliphatic heterocycles. The Balaban J connectivity index is 1.31. The molecule has 2 aromatic heterocycles. The molecule has 1 saturated heterocycles. The summed E-state index contributed by atoms with van der Waals surface area (Å²) in [6, 6.07) is 15.7. The van der Waals surface area contributed by atoms with E-state index in [0.717, 1.165) is 31.9 Å². The minimum Gasteiger partial charge on any atom is -0.370 e. The summed E-state index contributed by atoms with van der Waals surface area (Å²) >= 11 is 0. The number of amides is 1.